The van der Waals surface area contributed by atoms with Gasteiger partial charge in [-0.2, -0.15) is 0 Å². The fraction of sp³-hybridized carbons (Fsp3) is 0.875. The molecule has 0 aromatic heterocycles. The number of piperidine rings is 1. The topological polar surface area (TPSA) is 60.9 Å². The summed E-state index contributed by atoms with van der Waals surface area (Å²) in [5.74, 6) is -0.142. The maximum absolute atomic E-state index is 12.5. The first-order valence-corrected chi connectivity index (χ1v) is 8.43. The molecule has 0 spiro atoms. The van der Waals surface area contributed by atoms with Gasteiger partial charge >= 0.3 is 5.97 Å². The normalized spacial score (nSPS) is 33.7. The Hall–Kier alpha value is -1.10. The molecule has 0 bridgehead atoms. The van der Waals surface area contributed by atoms with Crippen LogP contribution in [-0.2, 0) is 9.59 Å². The summed E-state index contributed by atoms with van der Waals surface area (Å²) in [5.41, 5.74) is 0. The average Bonchev–Trinajstić information content (AvgIpc) is 2.87. The van der Waals surface area contributed by atoms with Gasteiger partial charge in [0.05, 0.1) is 6.54 Å². The van der Waals surface area contributed by atoms with Crippen LogP contribution in [0.25, 0.3) is 0 Å². The Balaban J connectivity index is 1.68. The Morgan fingerprint density at radius 3 is 2.43 bits per heavy atom. The van der Waals surface area contributed by atoms with Crippen LogP contribution in [0, 0.1) is 5.92 Å². The van der Waals surface area contributed by atoms with Gasteiger partial charge < -0.3 is 10.0 Å². The van der Waals surface area contributed by atoms with Crippen LogP contribution < -0.4 is 0 Å². The molecular weight excluding hydrogens is 268 g/mol. The highest BCUT2D eigenvalue weighted by molar-refractivity contribution is 5.80. The Morgan fingerprint density at radius 1 is 1.00 bits per heavy atom. The second-order valence-corrected chi connectivity index (χ2v) is 6.82. The molecule has 2 saturated heterocycles. The number of hydrogen-bond acceptors (Lipinski definition) is 3. The van der Waals surface area contributed by atoms with Crippen molar-refractivity contribution in [1.82, 2.24) is 9.80 Å². The minimum absolute atomic E-state index is 0.132. The van der Waals surface area contributed by atoms with Crippen LogP contribution in [0.15, 0.2) is 0 Å². The zero-order valence-electron chi connectivity index (χ0n) is 12.7. The molecule has 1 aliphatic carbocycles. The van der Waals surface area contributed by atoms with Crippen molar-refractivity contribution in [2.45, 2.75) is 63.5 Å². The van der Waals surface area contributed by atoms with Gasteiger partial charge in [0.25, 0.3) is 0 Å². The molecule has 3 fully saturated rings. The van der Waals surface area contributed by atoms with E-state index in [2.05, 4.69) is 0 Å². The predicted octanol–water partition coefficient (Wildman–Crippen LogP) is 1.72. The van der Waals surface area contributed by atoms with Crippen LogP contribution >= 0.6 is 0 Å². The second kappa shape index (κ2) is 6.34. The molecule has 3 rings (SSSR count). The van der Waals surface area contributed by atoms with E-state index in [1.807, 2.05) is 9.80 Å². The van der Waals surface area contributed by atoms with Gasteiger partial charge in [0.1, 0.15) is 6.04 Å². The standard InChI is InChI=1S/C16H26N2O3/c19-15(17-8-4-1-5-9-17)11-18-13-7-3-2-6-12(13)10-14(18)16(20)21/h12-14H,1-11H2,(H,20,21). The number of carbonyl (C=O) groups excluding carboxylic acids is 1. The number of likely N-dealkylation sites (tertiary alicyclic amines) is 2. The van der Waals surface area contributed by atoms with Crippen molar-refractivity contribution in [3.05, 3.63) is 0 Å². The Labute approximate surface area is 126 Å². The van der Waals surface area contributed by atoms with Crippen molar-refractivity contribution >= 4 is 11.9 Å². The minimum atomic E-state index is -0.754. The lowest BCUT2D eigenvalue weighted by Gasteiger charge is -2.35. The summed E-state index contributed by atoms with van der Waals surface area (Å²) in [6, 6.07) is -0.138. The first-order chi connectivity index (χ1) is 10.2. The van der Waals surface area contributed by atoms with Gasteiger partial charge in [-0.1, -0.05) is 12.8 Å². The zero-order valence-corrected chi connectivity index (χ0v) is 12.7. The Bertz CT molecular complexity index is 406. The fourth-order valence-corrected chi connectivity index (χ4v) is 4.42. The second-order valence-electron chi connectivity index (χ2n) is 6.82. The monoisotopic (exact) mass is 294 g/mol. The third kappa shape index (κ3) is 3.07. The van der Waals surface area contributed by atoms with E-state index in [9.17, 15) is 14.7 Å². The van der Waals surface area contributed by atoms with Gasteiger partial charge in [-0.25, -0.2) is 0 Å². The first-order valence-electron chi connectivity index (χ1n) is 8.43. The summed E-state index contributed by atoms with van der Waals surface area (Å²) in [6.07, 6.45) is 8.66. The van der Waals surface area contributed by atoms with E-state index in [0.29, 0.717) is 18.5 Å². The maximum atomic E-state index is 12.5. The summed E-state index contributed by atoms with van der Waals surface area (Å²) in [6.45, 7) is 2.00. The molecule has 0 aromatic carbocycles. The highest BCUT2D eigenvalue weighted by Crippen LogP contribution is 2.39. The third-order valence-corrected chi connectivity index (χ3v) is 5.53. The summed E-state index contributed by atoms with van der Waals surface area (Å²) in [5, 5.41) is 9.49. The summed E-state index contributed by atoms with van der Waals surface area (Å²) in [7, 11) is 0. The van der Waals surface area contributed by atoms with Gasteiger partial charge in [-0.15, -0.1) is 0 Å². The molecule has 2 heterocycles. The number of amides is 1. The molecule has 0 radical (unpaired) electrons. The van der Waals surface area contributed by atoms with Crippen LogP contribution in [0.1, 0.15) is 51.4 Å². The molecule has 1 saturated carbocycles. The summed E-state index contributed by atoms with van der Waals surface area (Å²) in [4.78, 5) is 28.0. The van der Waals surface area contributed by atoms with Crippen molar-refractivity contribution in [3.63, 3.8) is 0 Å². The van der Waals surface area contributed by atoms with E-state index in [1.54, 1.807) is 0 Å². The van der Waals surface area contributed by atoms with Crippen molar-refractivity contribution < 1.29 is 14.7 Å². The van der Waals surface area contributed by atoms with Gasteiger partial charge in [-0.05, 0) is 44.4 Å². The number of carboxylic acids is 1. The number of hydrogen-bond donors (Lipinski definition) is 1. The predicted molar refractivity (Wildman–Crippen MR) is 78.9 cm³/mol. The SMILES string of the molecule is O=C(O)C1CC2CCCCC2N1CC(=O)N1CCCCC1. The van der Waals surface area contributed by atoms with Gasteiger partial charge in [-0.3, -0.25) is 14.5 Å². The minimum Gasteiger partial charge on any atom is -0.480 e. The van der Waals surface area contributed by atoms with Crippen molar-refractivity contribution in [2.75, 3.05) is 19.6 Å². The van der Waals surface area contributed by atoms with Crippen molar-refractivity contribution in [2.24, 2.45) is 5.92 Å². The van der Waals surface area contributed by atoms with E-state index in [1.165, 1.54) is 19.3 Å². The third-order valence-electron chi connectivity index (χ3n) is 5.53. The molecule has 3 unspecified atom stereocenters. The first kappa shape index (κ1) is 14.8. The highest BCUT2D eigenvalue weighted by Gasteiger charge is 2.46. The van der Waals surface area contributed by atoms with Crippen molar-refractivity contribution in [3.8, 4) is 0 Å². The summed E-state index contributed by atoms with van der Waals surface area (Å²) >= 11 is 0. The Morgan fingerprint density at radius 2 is 1.71 bits per heavy atom. The number of fused-ring (bicyclic) bond motifs is 1. The molecule has 3 aliphatic rings. The highest BCUT2D eigenvalue weighted by atomic mass is 16.4. The van der Waals surface area contributed by atoms with Crippen LogP contribution in [0.4, 0.5) is 0 Å². The maximum Gasteiger partial charge on any atom is 0.320 e. The molecule has 118 valence electrons. The van der Waals surface area contributed by atoms with Crippen LogP contribution in [0.3, 0.4) is 0 Å². The van der Waals surface area contributed by atoms with E-state index in [-0.39, 0.29) is 5.91 Å². The molecular formula is C16H26N2O3. The van der Waals surface area contributed by atoms with Gasteiger partial charge in [0.15, 0.2) is 0 Å². The Kier molecular flexibility index (Phi) is 4.48. The molecule has 5 nitrogen and oxygen atoms in total. The number of carbonyl (C=O) groups is 2. The van der Waals surface area contributed by atoms with Crippen LogP contribution in [-0.4, -0.2) is 58.5 Å². The molecule has 5 heteroatoms. The smallest absolute Gasteiger partial charge is 0.320 e. The van der Waals surface area contributed by atoms with Crippen LogP contribution in [0.5, 0.6) is 0 Å². The number of carboxylic acid groups (broad SMARTS) is 1. The largest absolute Gasteiger partial charge is 0.480 e. The molecule has 0 aromatic rings. The summed E-state index contributed by atoms with van der Waals surface area (Å²) < 4.78 is 0. The molecule has 1 N–H and O–H groups in total. The lowest BCUT2D eigenvalue weighted by molar-refractivity contribution is -0.144. The zero-order chi connectivity index (χ0) is 14.8. The lowest BCUT2D eigenvalue weighted by Crippen LogP contribution is -2.49. The van der Waals surface area contributed by atoms with Gasteiger partial charge in [0.2, 0.25) is 5.91 Å². The van der Waals surface area contributed by atoms with E-state index >= 15 is 0 Å². The number of nitrogens with zero attached hydrogens (tertiary/aromatic N) is 2. The molecule has 2 aliphatic heterocycles. The fourth-order valence-electron chi connectivity index (χ4n) is 4.42. The quantitative estimate of drug-likeness (QED) is 0.861. The molecule has 21 heavy (non-hydrogen) atoms. The van der Waals surface area contributed by atoms with Crippen molar-refractivity contribution in [1.29, 1.82) is 0 Å². The number of aliphatic carboxylic acids is 1. The van der Waals surface area contributed by atoms with E-state index in [4.69, 9.17) is 0 Å². The van der Waals surface area contributed by atoms with Gasteiger partial charge in [0, 0.05) is 19.1 Å². The number of rotatable bonds is 3. The van der Waals surface area contributed by atoms with E-state index in [0.717, 1.165) is 45.2 Å². The van der Waals surface area contributed by atoms with Crippen LogP contribution in [0.2, 0.25) is 0 Å². The van der Waals surface area contributed by atoms with E-state index < -0.39 is 12.0 Å². The average molecular weight is 294 g/mol. The lowest BCUT2D eigenvalue weighted by atomic mass is 9.85. The molecule has 1 amide bonds. The molecule has 3 atom stereocenters.